The maximum atomic E-state index is 5.43. The van der Waals surface area contributed by atoms with E-state index in [0.29, 0.717) is 30.1 Å². The Morgan fingerprint density at radius 1 is 1.24 bits per heavy atom. The Labute approximate surface area is 146 Å². The molecule has 1 atom stereocenters. The standard InChI is InChI=1S/C19H22N4O2/c1-2-14-5-7-15(8-6-14)16-12-20-9-10-23(16)13-18-21-19(22-25-18)17-4-3-11-24-17/h3-8,11,16,20H,2,9-10,12-13H2,1H3. The average molecular weight is 338 g/mol. The fourth-order valence-corrected chi connectivity index (χ4v) is 3.24. The van der Waals surface area contributed by atoms with Crippen molar-refractivity contribution in [2.24, 2.45) is 0 Å². The maximum absolute atomic E-state index is 5.43. The van der Waals surface area contributed by atoms with Gasteiger partial charge in [0.15, 0.2) is 5.76 Å². The molecule has 0 saturated carbocycles. The van der Waals surface area contributed by atoms with E-state index in [4.69, 9.17) is 8.94 Å². The largest absolute Gasteiger partial charge is 0.461 e. The molecular weight excluding hydrogens is 316 g/mol. The first-order chi connectivity index (χ1) is 12.3. The van der Waals surface area contributed by atoms with Gasteiger partial charge in [-0.25, -0.2) is 0 Å². The number of rotatable bonds is 5. The van der Waals surface area contributed by atoms with E-state index in [1.54, 1.807) is 6.26 Å². The Hall–Kier alpha value is -2.44. The Morgan fingerprint density at radius 3 is 2.88 bits per heavy atom. The van der Waals surface area contributed by atoms with Gasteiger partial charge >= 0.3 is 0 Å². The summed E-state index contributed by atoms with van der Waals surface area (Å²) in [7, 11) is 0. The minimum absolute atomic E-state index is 0.304. The summed E-state index contributed by atoms with van der Waals surface area (Å²) in [6.45, 7) is 5.64. The first kappa shape index (κ1) is 16.1. The number of aromatic nitrogens is 2. The third-order valence-electron chi connectivity index (χ3n) is 4.67. The molecule has 130 valence electrons. The van der Waals surface area contributed by atoms with Crippen LogP contribution in [0.25, 0.3) is 11.6 Å². The summed E-state index contributed by atoms with van der Waals surface area (Å²) in [6, 6.07) is 12.8. The van der Waals surface area contributed by atoms with Crippen molar-refractivity contribution in [1.29, 1.82) is 0 Å². The molecule has 6 heteroatoms. The Morgan fingerprint density at radius 2 is 2.12 bits per heavy atom. The monoisotopic (exact) mass is 338 g/mol. The molecule has 0 radical (unpaired) electrons. The maximum Gasteiger partial charge on any atom is 0.241 e. The van der Waals surface area contributed by atoms with Crippen LogP contribution in [0.5, 0.6) is 0 Å². The van der Waals surface area contributed by atoms with Crippen LogP contribution in [0, 0.1) is 0 Å². The molecule has 0 bridgehead atoms. The number of hydrogen-bond donors (Lipinski definition) is 1. The van der Waals surface area contributed by atoms with Crippen molar-refractivity contribution in [3.05, 3.63) is 59.7 Å². The number of hydrogen-bond acceptors (Lipinski definition) is 6. The highest BCUT2D eigenvalue weighted by Gasteiger charge is 2.25. The average Bonchev–Trinajstić information content (AvgIpc) is 3.34. The van der Waals surface area contributed by atoms with E-state index in [9.17, 15) is 0 Å². The van der Waals surface area contributed by atoms with Crippen molar-refractivity contribution in [2.45, 2.75) is 25.9 Å². The topological polar surface area (TPSA) is 67.3 Å². The van der Waals surface area contributed by atoms with E-state index in [1.165, 1.54) is 11.1 Å². The van der Waals surface area contributed by atoms with Gasteiger partial charge in [0, 0.05) is 25.7 Å². The van der Waals surface area contributed by atoms with Crippen molar-refractivity contribution in [3.8, 4) is 11.6 Å². The highest BCUT2D eigenvalue weighted by Crippen LogP contribution is 2.25. The molecule has 1 aliphatic heterocycles. The quantitative estimate of drug-likeness (QED) is 0.771. The van der Waals surface area contributed by atoms with Crippen molar-refractivity contribution >= 4 is 0 Å². The lowest BCUT2D eigenvalue weighted by Crippen LogP contribution is -2.45. The SMILES string of the molecule is CCc1ccc(C2CNCCN2Cc2nc(-c3ccco3)no2)cc1. The molecule has 4 rings (SSSR count). The van der Waals surface area contributed by atoms with Gasteiger partial charge in [-0.1, -0.05) is 36.3 Å². The lowest BCUT2D eigenvalue weighted by atomic mass is 10.0. The molecule has 1 aliphatic rings. The molecular formula is C19H22N4O2. The Bertz CT molecular complexity index is 795. The number of piperazine rings is 1. The molecule has 1 fully saturated rings. The molecule has 1 N–H and O–H groups in total. The molecule has 3 heterocycles. The van der Waals surface area contributed by atoms with Crippen LogP contribution in [0.4, 0.5) is 0 Å². The smallest absolute Gasteiger partial charge is 0.241 e. The number of nitrogens with zero attached hydrogens (tertiary/aromatic N) is 3. The number of aryl methyl sites for hydroxylation is 1. The summed E-state index contributed by atoms with van der Waals surface area (Å²) in [4.78, 5) is 6.85. The zero-order valence-corrected chi connectivity index (χ0v) is 14.3. The lowest BCUT2D eigenvalue weighted by molar-refractivity contribution is 0.135. The Balaban J connectivity index is 1.51. The predicted octanol–water partition coefficient (Wildman–Crippen LogP) is 3.04. The zero-order chi connectivity index (χ0) is 17.1. The van der Waals surface area contributed by atoms with Gasteiger partial charge in [0.05, 0.1) is 12.8 Å². The molecule has 3 aromatic rings. The van der Waals surface area contributed by atoms with Crippen molar-refractivity contribution in [3.63, 3.8) is 0 Å². The predicted molar refractivity (Wildman–Crippen MR) is 93.8 cm³/mol. The summed E-state index contributed by atoms with van der Waals surface area (Å²) in [5.74, 6) is 1.74. The van der Waals surface area contributed by atoms with Gasteiger partial charge in [-0.05, 0) is 29.7 Å². The molecule has 2 aromatic heterocycles. The van der Waals surface area contributed by atoms with Gasteiger partial charge in [0.25, 0.3) is 0 Å². The van der Waals surface area contributed by atoms with Crippen LogP contribution in [-0.4, -0.2) is 34.7 Å². The lowest BCUT2D eigenvalue weighted by Gasteiger charge is -2.35. The van der Waals surface area contributed by atoms with Crippen LogP contribution in [0.15, 0.2) is 51.6 Å². The van der Waals surface area contributed by atoms with Gasteiger partial charge < -0.3 is 14.3 Å². The molecule has 0 spiro atoms. The van der Waals surface area contributed by atoms with Crippen LogP contribution in [0.2, 0.25) is 0 Å². The van der Waals surface area contributed by atoms with Crippen LogP contribution in [-0.2, 0) is 13.0 Å². The Kier molecular flexibility index (Phi) is 4.63. The summed E-state index contributed by atoms with van der Waals surface area (Å²) < 4.78 is 10.8. The van der Waals surface area contributed by atoms with E-state index >= 15 is 0 Å². The van der Waals surface area contributed by atoms with Crippen molar-refractivity contribution in [1.82, 2.24) is 20.4 Å². The second-order valence-electron chi connectivity index (χ2n) is 6.27. The van der Waals surface area contributed by atoms with Crippen LogP contribution in [0.3, 0.4) is 0 Å². The van der Waals surface area contributed by atoms with Crippen LogP contribution < -0.4 is 5.32 Å². The van der Waals surface area contributed by atoms with Crippen molar-refractivity contribution in [2.75, 3.05) is 19.6 Å². The normalized spacial score (nSPS) is 18.5. The zero-order valence-electron chi connectivity index (χ0n) is 14.3. The van der Waals surface area contributed by atoms with Gasteiger partial charge in [-0.15, -0.1) is 0 Å². The number of nitrogens with one attached hydrogen (secondary N) is 1. The highest BCUT2D eigenvalue weighted by atomic mass is 16.5. The van der Waals surface area contributed by atoms with Crippen LogP contribution >= 0.6 is 0 Å². The second kappa shape index (κ2) is 7.21. The molecule has 1 aromatic carbocycles. The molecule has 6 nitrogen and oxygen atoms in total. The van der Waals surface area contributed by atoms with E-state index in [1.807, 2.05) is 12.1 Å². The summed E-state index contributed by atoms with van der Waals surface area (Å²) in [6.07, 6.45) is 2.67. The number of furan rings is 1. The van der Waals surface area contributed by atoms with Crippen molar-refractivity contribution < 1.29 is 8.94 Å². The first-order valence-electron chi connectivity index (χ1n) is 8.73. The van der Waals surface area contributed by atoms with Gasteiger partial charge in [0.2, 0.25) is 11.7 Å². The summed E-state index contributed by atoms with van der Waals surface area (Å²) in [5.41, 5.74) is 2.68. The fourth-order valence-electron chi connectivity index (χ4n) is 3.24. The summed E-state index contributed by atoms with van der Waals surface area (Å²) >= 11 is 0. The minimum atomic E-state index is 0.304. The van der Waals surface area contributed by atoms with Gasteiger partial charge in [0.1, 0.15) is 0 Å². The van der Waals surface area contributed by atoms with E-state index in [2.05, 4.69) is 51.5 Å². The first-order valence-corrected chi connectivity index (χ1v) is 8.73. The molecule has 1 saturated heterocycles. The third kappa shape index (κ3) is 3.50. The highest BCUT2D eigenvalue weighted by molar-refractivity contribution is 5.44. The molecule has 1 unspecified atom stereocenters. The molecule has 25 heavy (non-hydrogen) atoms. The van der Waals surface area contributed by atoms with Gasteiger partial charge in [-0.2, -0.15) is 4.98 Å². The van der Waals surface area contributed by atoms with Crippen LogP contribution in [0.1, 0.15) is 30.0 Å². The second-order valence-corrected chi connectivity index (χ2v) is 6.27. The van der Waals surface area contributed by atoms with E-state index < -0.39 is 0 Å². The summed E-state index contributed by atoms with van der Waals surface area (Å²) in [5, 5.41) is 7.50. The molecule has 0 aliphatic carbocycles. The van der Waals surface area contributed by atoms with Gasteiger partial charge in [-0.3, -0.25) is 4.90 Å². The minimum Gasteiger partial charge on any atom is -0.461 e. The van der Waals surface area contributed by atoms with E-state index in [-0.39, 0.29) is 0 Å². The molecule has 0 amide bonds. The van der Waals surface area contributed by atoms with E-state index in [0.717, 1.165) is 26.1 Å². The fraction of sp³-hybridized carbons (Fsp3) is 0.368. The third-order valence-corrected chi connectivity index (χ3v) is 4.67. The number of benzene rings is 1.